The summed E-state index contributed by atoms with van der Waals surface area (Å²) in [5, 5.41) is 17.9. The molecule has 1 aliphatic heterocycles. The Morgan fingerprint density at radius 2 is 2.19 bits per heavy atom. The summed E-state index contributed by atoms with van der Waals surface area (Å²) in [4.78, 5) is 14.5. The van der Waals surface area contributed by atoms with Crippen molar-refractivity contribution in [2.45, 2.75) is 31.7 Å². The summed E-state index contributed by atoms with van der Waals surface area (Å²) in [6, 6.07) is 7.30. The third kappa shape index (κ3) is 4.07. The average molecular weight is 287 g/mol. The SMILES string of the molecule is O=C(c1cccc(C#CCO)c1)N1CCCCC1CCO. The van der Waals surface area contributed by atoms with Crippen molar-refractivity contribution in [1.29, 1.82) is 0 Å². The molecule has 0 aromatic heterocycles. The minimum absolute atomic E-state index is 0.000739. The van der Waals surface area contributed by atoms with Crippen LogP contribution in [0, 0.1) is 11.8 Å². The molecule has 1 atom stereocenters. The largest absolute Gasteiger partial charge is 0.396 e. The van der Waals surface area contributed by atoms with Crippen LogP contribution in [-0.4, -0.2) is 46.8 Å². The smallest absolute Gasteiger partial charge is 0.254 e. The van der Waals surface area contributed by atoms with Gasteiger partial charge in [0.15, 0.2) is 0 Å². The molecule has 21 heavy (non-hydrogen) atoms. The van der Waals surface area contributed by atoms with Crippen molar-refractivity contribution in [3.63, 3.8) is 0 Å². The second-order valence-electron chi connectivity index (χ2n) is 5.20. The van der Waals surface area contributed by atoms with Crippen LogP contribution >= 0.6 is 0 Å². The number of aliphatic hydroxyl groups is 2. The highest BCUT2D eigenvalue weighted by Crippen LogP contribution is 2.22. The van der Waals surface area contributed by atoms with Crippen molar-refractivity contribution in [3.05, 3.63) is 35.4 Å². The van der Waals surface area contributed by atoms with Crippen molar-refractivity contribution in [2.24, 2.45) is 0 Å². The summed E-state index contributed by atoms with van der Waals surface area (Å²) in [6.45, 7) is 0.662. The number of piperidine rings is 1. The fraction of sp³-hybridized carbons (Fsp3) is 0.471. The molecule has 4 nitrogen and oxygen atoms in total. The van der Waals surface area contributed by atoms with Gasteiger partial charge in [-0.3, -0.25) is 4.79 Å². The summed E-state index contributed by atoms with van der Waals surface area (Å²) >= 11 is 0. The van der Waals surface area contributed by atoms with E-state index in [1.807, 2.05) is 11.0 Å². The molecule has 1 saturated heterocycles. The fourth-order valence-electron chi connectivity index (χ4n) is 2.75. The van der Waals surface area contributed by atoms with E-state index >= 15 is 0 Å². The number of carbonyl (C=O) groups is 1. The van der Waals surface area contributed by atoms with Gasteiger partial charge in [0.05, 0.1) is 0 Å². The lowest BCUT2D eigenvalue weighted by Gasteiger charge is -2.35. The highest BCUT2D eigenvalue weighted by atomic mass is 16.3. The van der Waals surface area contributed by atoms with Gasteiger partial charge in [-0.25, -0.2) is 0 Å². The van der Waals surface area contributed by atoms with E-state index in [4.69, 9.17) is 10.2 Å². The Hall–Kier alpha value is -1.83. The van der Waals surface area contributed by atoms with E-state index in [1.54, 1.807) is 18.2 Å². The number of likely N-dealkylation sites (tertiary alicyclic amines) is 1. The van der Waals surface area contributed by atoms with E-state index in [0.717, 1.165) is 31.4 Å². The lowest BCUT2D eigenvalue weighted by Crippen LogP contribution is -2.44. The van der Waals surface area contributed by atoms with Gasteiger partial charge in [0.1, 0.15) is 6.61 Å². The van der Waals surface area contributed by atoms with Gasteiger partial charge in [0.25, 0.3) is 5.91 Å². The van der Waals surface area contributed by atoms with Crippen molar-refractivity contribution >= 4 is 5.91 Å². The second kappa shape index (κ2) is 7.82. The van der Waals surface area contributed by atoms with Crippen molar-refractivity contribution in [1.82, 2.24) is 4.90 Å². The van der Waals surface area contributed by atoms with Crippen molar-refractivity contribution in [3.8, 4) is 11.8 Å². The molecule has 2 rings (SSSR count). The summed E-state index contributed by atoms with van der Waals surface area (Å²) in [5.74, 6) is 5.41. The Balaban J connectivity index is 2.17. The maximum atomic E-state index is 12.7. The molecule has 2 N–H and O–H groups in total. The molecule has 1 aromatic carbocycles. The van der Waals surface area contributed by atoms with Crippen LogP contribution < -0.4 is 0 Å². The third-order valence-electron chi connectivity index (χ3n) is 3.77. The van der Waals surface area contributed by atoms with E-state index in [9.17, 15) is 4.79 Å². The zero-order valence-corrected chi connectivity index (χ0v) is 12.1. The Labute approximate surface area is 125 Å². The van der Waals surface area contributed by atoms with Crippen LogP contribution in [0.15, 0.2) is 24.3 Å². The van der Waals surface area contributed by atoms with Gasteiger partial charge in [-0.15, -0.1) is 0 Å². The first-order valence-electron chi connectivity index (χ1n) is 7.38. The molecule has 1 aromatic rings. The van der Waals surface area contributed by atoms with Crippen LogP contribution in [0.25, 0.3) is 0 Å². The highest BCUT2D eigenvalue weighted by molar-refractivity contribution is 5.94. The molecule has 1 amide bonds. The number of hydrogen-bond donors (Lipinski definition) is 2. The van der Waals surface area contributed by atoms with Crippen molar-refractivity contribution < 1.29 is 15.0 Å². The topological polar surface area (TPSA) is 60.8 Å². The van der Waals surface area contributed by atoms with Crippen LogP contribution in [0.1, 0.15) is 41.6 Å². The normalized spacial score (nSPS) is 18.0. The van der Waals surface area contributed by atoms with E-state index < -0.39 is 0 Å². The predicted molar refractivity (Wildman–Crippen MR) is 80.8 cm³/mol. The molecule has 1 unspecified atom stereocenters. The maximum absolute atomic E-state index is 12.7. The number of carbonyl (C=O) groups excluding carboxylic acids is 1. The number of nitrogens with zero attached hydrogens (tertiary/aromatic N) is 1. The van der Waals surface area contributed by atoms with E-state index in [0.29, 0.717) is 12.0 Å². The quantitative estimate of drug-likeness (QED) is 0.826. The van der Waals surface area contributed by atoms with Gasteiger partial charge in [-0.2, -0.15) is 0 Å². The standard InChI is InChI=1S/C17H21NO3/c19-11-4-6-14-5-3-7-15(13-14)17(21)18-10-2-1-8-16(18)9-12-20/h3,5,7,13,16,19-20H,1-2,8-12H2. The minimum atomic E-state index is -0.192. The molecule has 0 bridgehead atoms. The molecule has 0 saturated carbocycles. The van der Waals surface area contributed by atoms with Crippen LogP contribution in [0.3, 0.4) is 0 Å². The molecule has 0 radical (unpaired) electrons. The summed E-state index contributed by atoms with van der Waals surface area (Å²) < 4.78 is 0. The zero-order valence-electron chi connectivity index (χ0n) is 12.1. The van der Waals surface area contributed by atoms with E-state index in [-0.39, 0.29) is 25.2 Å². The van der Waals surface area contributed by atoms with Gasteiger partial charge in [-0.05, 0) is 43.9 Å². The van der Waals surface area contributed by atoms with Gasteiger partial charge >= 0.3 is 0 Å². The predicted octanol–water partition coefficient (Wildman–Crippen LogP) is 1.41. The lowest BCUT2D eigenvalue weighted by atomic mass is 9.98. The molecular formula is C17H21NO3. The van der Waals surface area contributed by atoms with Crippen LogP contribution in [0.5, 0.6) is 0 Å². The first kappa shape index (κ1) is 15.6. The molecule has 4 heteroatoms. The third-order valence-corrected chi connectivity index (χ3v) is 3.77. The van der Waals surface area contributed by atoms with E-state index in [2.05, 4.69) is 11.8 Å². The molecule has 1 fully saturated rings. The Morgan fingerprint density at radius 3 is 2.95 bits per heavy atom. The molecule has 0 spiro atoms. The second-order valence-corrected chi connectivity index (χ2v) is 5.20. The highest BCUT2D eigenvalue weighted by Gasteiger charge is 2.26. The van der Waals surface area contributed by atoms with Crippen LogP contribution in [0.4, 0.5) is 0 Å². The Bertz CT molecular complexity index is 542. The van der Waals surface area contributed by atoms with Crippen molar-refractivity contribution in [2.75, 3.05) is 19.8 Å². The monoisotopic (exact) mass is 287 g/mol. The fourth-order valence-corrected chi connectivity index (χ4v) is 2.75. The van der Waals surface area contributed by atoms with Gasteiger partial charge in [0.2, 0.25) is 0 Å². The lowest BCUT2D eigenvalue weighted by molar-refractivity contribution is 0.0574. The summed E-state index contributed by atoms with van der Waals surface area (Å²) in [5.41, 5.74) is 1.34. The summed E-state index contributed by atoms with van der Waals surface area (Å²) in [6.07, 6.45) is 3.71. The molecular weight excluding hydrogens is 266 g/mol. The minimum Gasteiger partial charge on any atom is -0.396 e. The Kier molecular flexibility index (Phi) is 5.79. The van der Waals surface area contributed by atoms with Crippen LogP contribution in [-0.2, 0) is 0 Å². The van der Waals surface area contributed by atoms with Gasteiger partial charge in [-0.1, -0.05) is 17.9 Å². The Morgan fingerprint density at radius 1 is 1.33 bits per heavy atom. The molecule has 0 aliphatic carbocycles. The first-order chi connectivity index (χ1) is 10.3. The van der Waals surface area contributed by atoms with E-state index in [1.165, 1.54) is 0 Å². The first-order valence-corrected chi connectivity index (χ1v) is 7.38. The maximum Gasteiger partial charge on any atom is 0.254 e. The molecule has 112 valence electrons. The van der Waals surface area contributed by atoms with Gasteiger partial charge < -0.3 is 15.1 Å². The number of rotatable bonds is 3. The number of amides is 1. The summed E-state index contributed by atoms with van der Waals surface area (Å²) in [7, 11) is 0. The zero-order chi connectivity index (χ0) is 15.1. The number of aliphatic hydroxyl groups excluding tert-OH is 2. The molecule has 1 aliphatic rings. The number of benzene rings is 1. The molecule has 1 heterocycles. The average Bonchev–Trinajstić information content (AvgIpc) is 2.53. The number of hydrogen-bond acceptors (Lipinski definition) is 3. The van der Waals surface area contributed by atoms with Crippen LogP contribution in [0.2, 0.25) is 0 Å². The van der Waals surface area contributed by atoms with Gasteiger partial charge in [0, 0.05) is 30.3 Å².